The van der Waals surface area contributed by atoms with E-state index in [4.69, 9.17) is 9.47 Å². The molecule has 0 unspecified atom stereocenters. The van der Waals surface area contributed by atoms with Crippen molar-refractivity contribution in [3.63, 3.8) is 0 Å². The fraction of sp³-hybridized carbons (Fsp3) is 0.273. The van der Waals surface area contributed by atoms with Crippen LogP contribution in [0.4, 0.5) is 0 Å². The number of carbonyl (C=O) groups excluding carboxylic acids is 2. The summed E-state index contributed by atoms with van der Waals surface area (Å²) in [5.41, 5.74) is 1.05. The molecule has 0 amide bonds. The summed E-state index contributed by atoms with van der Waals surface area (Å²) in [7, 11) is 1.43. The molecule has 3 atom stereocenters. The van der Waals surface area contributed by atoms with Gasteiger partial charge < -0.3 is 24.8 Å². The van der Waals surface area contributed by atoms with Gasteiger partial charge in [-0.25, -0.2) is 4.79 Å². The van der Waals surface area contributed by atoms with Crippen molar-refractivity contribution in [1.29, 1.82) is 0 Å². The lowest BCUT2D eigenvalue weighted by atomic mass is 9.93. The average molecular weight is 398 g/mol. The molecule has 29 heavy (non-hydrogen) atoms. The minimum atomic E-state index is -1.64. The van der Waals surface area contributed by atoms with Crippen molar-refractivity contribution >= 4 is 11.8 Å². The second-order valence-electron chi connectivity index (χ2n) is 6.84. The van der Waals surface area contributed by atoms with Gasteiger partial charge in [-0.2, -0.15) is 0 Å². The number of hydrogen-bond donors (Lipinski definition) is 3. The zero-order valence-electron chi connectivity index (χ0n) is 16.0. The molecule has 2 aromatic carbocycles. The molecule has 0 aliphatic carbocycles. The van der Waals surface area contributed by atoms with Crippen molar-refractivity contribution in [2.24, 2.45) is 0 Å². The molecule has 0 fully saturated rings. The van der Waals surface area contributed by atoms with Crippen molar-refractivity contribution in [3.05, 3.63) is 59.7 Å². The van der Waals surface area contributed by atoms with E-state index in [1.165, 1.54) is 25.3 Å². The third-order valence-corrected chi connectivity index (χ3v) is 4.72. The second kappa shape index (κ2) is 8.46. The molecule has 1 aliphatic heterocycles. The Balaban J connectivity index is 2.22. The lowest BCUT2D eigenvalue weighted by Crippen LogP contribution is -2.26. The number of ketones is 1. The van der Waals surface area contributed by atoms with Crippen molar-refractivity contribution in [2.75, 3.05) is 7.11 Å². The molecule has 0 aromatic heterocycles. The van der Waals surface area contributed by atoms with Crippen LogP contribution in [-0.2, 0) is 9.53 Å². The third kappa shape index (κ3) is 4.31. The number of rotatable bonds is 1. The van der Waals surface area contributed by atoms with Crippen molar-refractivity contribution < 1.29 is 34.4 Å². The Morgan fingerprint density at radius 1 is 1.10 bits per heavy atom. The zero-order chi connectivity index (χ0) is 21.1. The number of methoxy groups -OCH3 is 1. The number of aromatic hydroxyl groups is 1. The Hall–Kier alpha value is -3.16. The summed E-state index contributed by atoms with van der Waals surface area (Å²) in [6.07, 6.45) is -0.838. The number of fused-ring (bicyclic) bond motifs is 4. The molecule has 7 heteroatoms. The molecule has 0 radical (unpaired) electrons. The van der Waals surface area contributed by atoms with E-state index in [0.29, 0.717) is 16.9 Å². The van der Waals surface area contributed by atoms with Crippen molar-refractivity contribution in [3.8, 4) is 22.6 Å². The molecule has 0 spiro atoms. The van der Waals surface area contributed by atoms with E-state index < -0.39 is 30.1 Å². The number of esters is 1. The van der Waals surface area contributed by atoms with E-state index in [-0.39, 0.29) is 23.3 Å². The molecular formula is C22H22O7. The summed E-state index contributed by atoms with van der Waals surface area (Å²) in [6.45, 7) is 1.64. The van der Waals surface area contributed by atoms with Crippen LogP contribution in [-0.4, -0.2) is 46.4 Å². The fourth-order valence-corrected chi connectivity index (χ4v) is 3.15. The molecule has 3 N–H and O–H groups in total. The van der Waals surface area contributed by atoms with Gasteiger partial charge in [0.2, 0.25) is 0 Å². The lowest BCUT2D eigenvalue weighted by Gasteiger charge is -2.19. The van der Waals surface area contributed by atoms with Gasteiger partial charge >= 0.3 is 5.97 Å². The Bertz CT molecular complexity index is 964. The number of ether oxygens (including phenoxy) is 2. The molecule has 7 nitrogen and oxygen atoms in total. The number of aliphatic hydroxyl groups excluding tert-OH is 2. The highest BCUT2D eigenvalue weighted by Gasteiger charge is 2.27. The Morgan fingerprint density at radius 3 is 2.59 bits per heavy atom. The van der Waals surface area contributed by atoms with Crippen LogP contribution in [0.25, 0.3) is 11.1 Å². The maximum Gasteiger partial charge on any atom is 0.342 e. The molecular weight excluding hydrogens is 376 g/mol. The summed E-state index contributed by atoms with van der Waals surface area (Å²) in [4.78, 5) is 24.9. The number of phenols is 1. The summed E-state index contributed by atoms with van der Waals surface area (Å²) in [5.74, 6) is -1.36. The van der Waals surface area contributed by atoms with Crippen LogP contribution < -0.4 is 4.74 Å². The number of benzene rings is 2. The highest BCUT2D eigenvalue weighted by molar-refractivity contribution is 6.01. The molecule has 3 rings (SSSR count). The molecule has 1 aliphatic rings. The topological polar surface area (TPSA) is 113 Å². The van der Waals surface area contributed by atoms with Crippen LogP contribution in [0.1, 0.15) is 35.4 Å². The van der Waals surface area contributed by atoms with E-state index in [2.05, 4.69) is 0 Å². The van der Waals surface area contributed by atoms with Crippen molar-refractivity contribution in [1.82, 2.24) is 0 Å². The van der Waals surface area contributed by atoms with Crippen LogP contribution in [0, 0.1) is 0 Å². The molecule has 0 saturated carbocycles. The number of hydrogen-bond acceptors (Lipinski definition) is 7. The van der Waals surface area contributed by atoms with E-state index in [1.54, 1.807) is 31.2 Å². The minimum Gasteiger partial charge on any atom is -0.507 e. The summed E-state index contributed by atoms with van der Waals surface area (Å²) < 4.78 is 10.6. The fourth-order valence-electron chi connectivity index (χ4n) is 3.15. The highest BCUT2D eigenvalue weighted by atomic mass is 16.5. The second-order valence-corrected chi connectivity index (χ2v) is 6.84. The van der Waals surface area contributed by atoms with Gasteiger partial charge in [0.05, 0.1) is 7.11 Å². The van der Waals surface area contributed by atoms with Crippen LogP contribution in [0.5, 0.6) is 11.5 Å². The van der Waals surface area contributed by atoms with Gasteiger partial charge in [-0.15, -0.1) is 0 Å². The lowest BCUT2D eigenvalue weighted by molar-refractivity contribution is -0.128. The maximum atomic E-state index is 12.8. The summed E-state index contributed by atoms with van der Waals surface area (Å²) in [5, 5.41) is 31.1. The SMILES string of the molecule is COc1cc(O)c2c(c1)-c1cccc(c1)[C@H](O)[C@@H](O)C(=O)/C=C\C[C@H](C)OC2=O. The normalized spacial score (nSPS) is 23.5. The van der Waals surface area contributed by atoms with E-state index in [0.717, 1.165) is 6.08 Å². The predicted molar refractivity (Wildman–Crippen MR) is 105 cm³/mol. The minimum absolute atomic E-state index is 0.0399. The van der Waals surface area contributed by atoms with Crippen LogP contribution in [0.2, 0.25) is 0 Å². The molecule has 0 saturated heterocycles. The van der Waals surface area contributed by atoms with E-state index in [1.807, 2.05) is 0 Å². The first kappa shape index (κ1) is 20.6. The Morgan fingerprint density at radius 2 is 1.86 bits per heavy atom. The van der Waals surface area contributed by atoms with Crippen molar-refractivity contribution in [2.45, 2.75) is 31.7 Å². The number of cyclic esters (lactones) is 1. The number of aliphatic hydroxyl groups is 2. The quantitative estimate of drug-likeness (QED) is 0.633. The first-order valence-electron chi connectivity index (χ1n) is 9.10. The molecule has 2 bridgehead atoms. The predicted octanol–water partition coefficient (Wildman–Crippen LogP) is 2.54. The Labute approximate surface area is 167 Å². The number of carbonyl (C=O) groups is 2. The van der Waals surface area contributed by atoms with Gasteiger partial charge in [0.1, 0.15) is 35.4 Å². The zero-order valence-corrected chi connectivity index (χ0v) is 16.0. The third-order valence-electron chi connectivity index (χ3n) is 4.72. The smallest absolute Gasteiger partial charge is 0.342 e. The molecule has 1 heterocycles. The highest BCUT2D eigenvalue weighted by Crippen LogP contribution is 2.37. The first-order valence-corrected chi connectivity index (χ1v) is 9.10. The van der Waals surface area contributed by atoms with Gasteiger partial charge in [0, 0.05) is 18.1 Å². The molecule has 2 aromatic rings. The summed E-state index contributed by atoms with van der Waals surface area (Å²) >= 11 is 0. The Kier molecular flexibility index (Phi) is 6.00. The van der Waals surface area contributed by atoms with E-state index in [9.17, 15) is 24.9 Å². The average Bonchev–Trinajstić information content (AvgIpc) is 2.71. The van der Waals surface area contributed by atoms with Crippen LogP contribution in [0.15, 0.2) is 48.6 Å². The van der Waals surface area contributed by atoms with Gasteiger partial charge in [-0.1, -0.05) is 24.3 Å². The monoisotopic (exact) mass is 398 g/mol. The van der Waals surface area contributed by atoms with Crippen LogP contribution in [0.3, 0.4) is 0 Å². The van der Waals surface area contributed by atoms with Gasteiger partial charge in [-0.05, 0) is 36.3 Å². The summed E-state index contributed by atoms with van der Waals surface area (Å²) in [6, 6.07) is 9.26. The standard InChI is InChI=1S/C22H22O7/c1-12-5-3-8-17(23)21(26)20(25)14-7-4-6-13(9-14)16-10-15(28-2)11-18(24)19(16)22(27)29-12/h3-4,6-12,20-21,24-26H,5H2,1-2H3/b8-3-/t12-,20-,21-/m0/s1. The van der Waals surface area contributed by atoms with Gasteiger partial charge in [0.15, 0.2) is 5.78 Å². The van der Waals surface area contributed by atoms with E-state index >= 15 is 0 Å². The van der Waals surface area contributed by atoms with Crippen LogP contribution >= 0.6 is 0 Å². The van der Waals surface area contributed by atoms with Gasteiger partial charge in [0.25, 0.3) is 0 Å². The number of phenolic OH excluding ortho intramolecular Hbond substituents is 1. The molecule has 152 valence electrons. The maximum absolute atomic E-state index is 12.8. The first-order chi connectivity index (χ1) is 13.8. The van der Waals surface area contributed by atoms with Gasteiger partial charge in [-0.3, -0.25) is 4.79 Å². The largest absolute Gasteiger partial charge is 0.507 e.